The third kappa shape index (κ3) is 4.05. The number of nitrogens with zero attached hydrogens (tertiary/aromatic N) is 5. The highest BCUT2D eigenvalue weighted by atomic mass is 35.5. The van der Waals surface area contributed by atoms with Gasteiger partial charge in [-0.15, -0.1) is 0 Å². The largest absolute Gasteiger partial charge is 0.356 e. The molecule has 4 rings (SSSR count). The smallest absolute Gasteiger partial charge is 0.227 e. The lowest BCUT2D eigenvalue weighted by molar-refractivity contribution is 0.248. The Hall–Kier alpha value is -1.85. The molecular weight excluding hydrogens is 334 g/mol. The normalized spacial score (nSPS) is 18.8. The molecule has 2 aromatic rings. The topological polar surface area (TPSA) is 35.5 Å². The van der Waals surface area contributed by atoms with Crippen LogP contribution in [0.2, 0.25) is 5.02 Å². The number of hydrogen-bond donors (Lipinski definition) is 0. The molecule has 0 amide bonds. The molecule has 0 N–H and O–H groups in total. The first-order chi connectivity index (χ1) is 12.3. The van der Waals surface area contributed by atoms with E-state index < -0.39 is 0 Å². The number of piperazine rings is 1. The van der Waals surface area contributed by atoms with Crippen LogP contribution in [0.1, 0.15) is 18.4 Å². The maximum absolute atomic E-state index is 5.96. The van der Waals surface area contributed by atoms with E-state index in [4.69, 9.17) is 16.6 Å². The van der Waals surface area contributed by atoms with Crippen LogP contribution < -0.4 is 9.80 Å². The van der Waals surface area contributed by atoms with Crippen molar-refractivity contribution in [3.8, 4) is 0 Å². The number of hydrogen-bond acceptors (Lipinski definition) is 5. The Bertz CT molecular complexity index is 691. The van der Waals surface area contributed by atoms with E-state index in [1.54, 1.807) is 0 Å². The van der Waals surface area contributed by atoms with Gasteiger partial charge in [-0.2, -0.15) is 4.98 Å². The molecule has 25 heavy (non-hydrogen) atoms. The van der Waals surface area contributed by atoms with Gasteiger partial charge in [0, 0.05) is 57.0 Å². The van der Waals surface area contributed by atoms with E-state index in [0.717, 1.165) is 62.6 Å². The average Bonchev–Trinajstić information content (AvgIpc) is 3.19. The Morgan fingerprint density at radius 2 is 1.56 bits per heavy atom. The number of benzene rings is 1. The molecule has 2 fully saturated rings. The van der Waals surface area contributed by atoms with E-state index in [2.05, 4.69) is 31.8 Å². The third-order valence-electron chi connectivity index (χ3n) is 5.03. The summed E-state index contributed by atoms with van der Waals surface area (Å²) in [5, 5.41) is 0.795. The maximum Gasteiger partial charge on any atom is 0.227 e. The summed E-state index contributed by atoms with van der Waals surface area (Å²) in [6, 6.07) is 10.2. The molecule has 132 valence electrons. The van der Waals surface area contributed by atoms with E-state index in [0.29, 0.717) is 0 Å². The van der Waals surface area contributed by atoms with Gasteiger partial charge in [-0.1, -0.05) is 23.7 Å². The van der Waals surface area contributed by atoms with Crippen molar-refractivity contribution >= 4 is 23.4 Å². The molecule has 2 aliphatic rings. The molecule has 0 saturated carbocycles. The van der Waals surface area contributed by atoms with Gasteiger partial charge in [-0.3, -0.25) is 4.90 Å². The van der Waals surface area contributed by atoms with E-state index in [9.17, 15) is 0 Å². The van der Waals surface area contributed by atoms with Gasteiger partial charge in [0.1, 0.15) is 5.82 Å². The molecule has 0 atom stereocenters. The molecule has 0 aliphatic carbocycles. The summed E-state index contributed by atoms with van der Waals surface area (Å²) in [5.74, 6) is 1.95. The highest BCUT2D eigenvalue weighted by Gasteiger charge is 2.20. The molecule has 3 heterocycles. The summed E-state index contributed by atoms with van der Waals surface area (Å²) in [7, 11) is 0. The van der Waals surface area contributed by atoms with E-state index >= 15 is 0 Å². The van der Waals surface area contributed by atoms with Crippen LogP contribution in [0.15, 0.2) is 36.5 Å². The first-order valence-electron chi connectivity index (χ1n) is 9.08. The Balaban J connectivity index is 1.35. The fraction of sp³-hybridized carbons (Fsp3) is 0.474. The van der Waals surface area contributed by atoms with E-state index in [-0.39, 0.29) is 0 Å². The summed E-state index contributed by atoms with van der Waals surface area (Å²) in [4.78, 5) is 16.5. The van der Waals surface area contributed by atoms with Gasteiger partial charge in [0.2, 0.25) is 5.95 Å². The van der Waals surface area contributed by atoms with Crippen molar-refractivity contribution in [1.82, 2.24) is 14.9 Å². The van der Waals surface area contributed by atoms with Crippen molar-refractivity contribution in [2.75, 3.05) is 49.1 Å². The van der Waals surface area contributed by atoms with Gasteiger partial charge in [0.25, 0.3) is 0 Å². The minimum absolute atomic E-state index is 0.795. The summed E-state index contributed by atoms with van der Waals surface area (Å²) in [5.41, 5.74) is 1.31. The van der Waals surface area contributed by atoms with Crippen LogP contribution in [0.25, 0.3) is 0 Å². The van der Waals surface area contributed by atoms with Crippen molar-refractivity contribution in [3.63, 3.8) is 0 Å². The van der Waals surface area contributed by atoms with Crippen molar-refractivity contribution in [2.45, 2.75) is 19.4 Å². The summed E-state index contributed by atoms with van der Waals surface area (Å²) in [6.45, 7) is 7.20. The van der Waals surface area contributed by atoms with Crippen LogP contribution in [0.5, 0.6) is 0 Å². The quantitative estimate of drug-likeness (QED) is 0.840. The minimum Gasteiger partial charge on any atom is -0.356 e. The van der Waals surface area contributed by atoms with E-state index in [1.165, 1.54) is 18.4 Å². The number of rotatable bonds is 4. The maximum atomic E-state index is 5.96. The van der Waals surface area contributed by atoms with Gasteiger partial charge in [-0.05, 0) is 36.6 Å². The fourth-order valence-corrected chi connectivity index (χ4v) is 3.69. The van der Waals surface area contributed by atoms with Gasteiger partial charge in [0.05, 0.1) is 0 Å². The van der Waals surface area contributed by atoms with Gasteiger partial charge >= 0.3 is 0 Å². The van der Waals surface area contributed by atoms with Crippen LogP contribution in [-0.2, 0) is 6.54 Å². The molecule has 1 aromatic carbocycles. The molecule has 0 radical (unpaired) electrons. The minimum atomic E-state index is 0.795. The van der Waals surface area contributed by atoms with Crippen LogP contribution in [0.3, 0.4) is 0 Å². The lowest BCUT2D eigenvalue weighted by Gasteiger charge is -2.35. The molecule has 0 unspecified atom stereocenters. The van der Waals surface area contributed by atoms with Crippen molar-refractivity contribution in [2.24, 2.45) is 0 Å². The standard InChI is InChI=1S/C19H24ClN5/c20-17-5-3-16(4-6-17)15-23-11-13-25(14-12-23)19-21-8-7-18(22-19)24-9-1-2-10-24/h3-8H,1-2,9-15H2. The zero-order chi connectivity index (χ0) is 17.1. The highest BCUT2D eigenvalue weighted by molar-refractivity contribution is 6.30. The monoisotopic (exact) mass is 357 g/mol. The predicted molar refractivity (Wildman–Crippen MR) is 102 cm³/mol. The van der Waals surface area contributed by atoms with Gasteiger partial charge in [-0.25, -0.2) is 4.98 Å². The Labute approximate surface area is 154 Å². The lowest BCUT2D eigenvalue weighted by Crippen LogP contribution is -2.46. The fourth-order valence-electron chi connectivity index (χ4n) is 3.57. The second-order valence-corrected chi connectivity index (χ2v) is 7.24. The van der Waals surface area contributed by atoms with Crippen molar-refractivity contribution in [1.29, 1.82) is 0 Å². The van der Waals surface area contributed by atoms with Crippen molar-refractivity contribution in [3.05, 3.63) is 47.1 Å². The first kappa shape index (κ1) is 16.6. The first-order valence-corrected chi connectivity index (χ1v) is 9.45. The van der Waals surface area contributed by atoms with Crippen LogP contribution >= 0.6 is 11.6 Å². The zero-order valence-corrected chi connectivity index (χ0v) is 15.2. The number of anilines is 2. The second-order valence-electron chi connectivity index (χ2n) is 6.80. The molecule has 2 aliphatic heterocycles. The summed E-state index contributed by atoms with van der Waals surface area (Å²) < 4.78 is 0. The van der Waals surface area contributed by atoms with Gasteiger partial charge < -0.3 is 9.80 Å². The molecule has 0 bridgehead atoms. The summed E-state index contributed by atoms with van der Waals surface area (Å²) in [6.07, 6.45) is 4.43. The molecule has 2 saturated heterocycles. The van der Waals surface area contributed by atoms with E-state index in [1.807, 2.05) is 24.4 Å². The summed E-state index contributed by atoms with van der Waals surface area (Å²) >= 11 is 5.96. The second kappa shape index (κ2) is 7.58. The SMILES string of the molecule is Clc1ccc(CN2CCN(c3nccc(N4CCCC4)n3)CC2)cc1. The Morgan fingerprint density at radius 1 is 0.840 bits per heavy atom. The average molecular weight is 358 g/mol. The molecule has 6 heteroatoms. The Morgan fingerprint density at radius 3 is 2.28 bits per heavy atom. The van der Waals surface area contributed by atoms with Crippen molar-refractivity contribution < 1.29 is 0 Å². The number of aromatic nitrogens is 2. The molecular formula is C19H24ClN5. The van der Waals surface area contributed by atoms with Gasteiger partial charge in [0.15, 0.2) is 0 Å². The molecule has 0 spiro atoms. The lowest BCUT2D eigenvalue weighted by atomic mass is 10.2. The molecule has 5 nitrogen and oxygen atoms in total. The predicted octanol–water partition coefficient (Wildman–Crippen LogP) is 3.05. The zero-order valence-electron chi connectivity index (χ0n) is 14.4. The Kier molecular flexibility index (Phi) is 5.04. The highest BCUT2D eigenvalue weighted by Crippen LogP contribution is 2.21. The van der Waals surface area contributed by atoms with Crippen LogP contribution in [0, 0.1) is 0 Å². The van der Waals surface area contributed by atoms with Crippen LogP contribution in [0.4, 0.5) is 11.8 Å². The van der Waals surface area contributed by atoms with Crippen LogP contribution in [-0.4, -0.2) is 54.1 Å². The third-order valence-corrected chi connectivity index (χ3v) is 5.28. The number of halogens is 1. The molecule has 1 aromatic heterocycles.